The predicted octanol–water partition coefficient (Wildman–Crippen LogP) is 2.88. The molecule has 0 aliphatic carbocycles. The molecule has 0 bridgehead atoms. The van der Waals surface area contributed by atoms with Crippen LogP contribution in [0.25, 0.3) is 0 Å². The van der Waals surface area contributed by atoms with Crippen LogP contribution in [0.15, 0.2) is 76.3 Å². The van der Waals surface area contributed by atoms with E-state index in [9.17, 15) is 27.6 Å². The van der Waals surface area contributed by atoms with Gasteiger partial charge in [0.2, 0.25) is 5.91 Å². The van der Waals surface area contributed by atoms with Crippen LogP contribution in [0.4, 0.5) is 0 Å². The molecule has 0 saturated carbocycles. The first-order chi connectivity index (χ1) is 19.6. The van der Waals surface area contributed by atoms with Gasteiger partial charge in [0, 0.05) is 29.7 Å². The number of benzene rings is 2. The summed E-state index contributed by atoms with van der Waals surface area (Å²) in [4.78, 5) is 56.3. The van der Waals surface area contributed by atoms with Crippen LogP contribution in [0.3, 0.4) is 0 Å². The maximum Gasteiger partial charge on any atom is 0.255 e. The number of rotatable bonds is 9. The van der Waals surface area contributed by atoms with E-state index in [4.69, 9.17) is 0 Å². The van der Waals surface area contributed by atoms with Crippen molar-refractivity contribution in [3.8, 4) is 0 Å². The van der Waals surface area contributed by atoms with Gasteiger partial charge in [-0.25, -0.2) is 8.42 Å². The number of fused-ring (bicyclic) bond motifs is 1. The number of carbonyl (C=O) groups is 4. The Morgan fingerprint density at radius 2 is 1.78 bits per heavy atom. The molecule has 3 atom stereocenters. The van der Waals surface area contributed by atoms with Gasteiger partial charge in [-0.05, 0) is 35.6 Å². The summed E-state index contributed by atoms with van der Waals surface area (Å²) in [6.07, 6.45) is 1.41. The van der Waals surface area contributed by atoms with Crippen LogP contribution in [-0.2, 0) is 25.2 Å². The van der Waals surface area contributed by atoms with E-state index in [2.05, 4.69) is 5.32 Å². The van der Waals surface area contributed by atoms with E-state index < -0.39 is 33.9 Å². The number of Topliss-reactive ketones (excluding diaryl/α,β-unsaturated/α-hetero) is 1. The molecule has 0 radical (unpaired) electrons. The molecular formula is C29H29N3O6S3. The molecule has 1 aromatic heterocycles. The number of thioether (sulfide) groups is 1. The predicted molar refractivity (Wildman–Crippen MR) is 158 cm³/mol. The quantitative estimate of drug-likeness (QED) is 0.395. The number of likely N-dealkylation sites (tertiary alicyclic amines) is 2. The monoisotopic (exact) mass is 611 g/mol. The van der Waals surface area contributed by atoms with E-state index in [0.29, 0.717) is 23.5 Å². The Balaban J connectivity index is 1.34. The van der Waals surface area contributed by atoms with E-state index in [1.54, 1.807) is 29.0 Å². The van der Waals surface area contributed by atoms with E-state index >= 15 is 0 Å². The van der Waals surface area contributed by atoms with Crippen LogP contribution in [0.5, 0.6) is 0 Å². The van der Waals surface area contributed by atoms with Crippen molar-refractivity contribution in [2.45, 2.75) is 35.2 Å². The average Bonchev–Trinajstić information content (AvgIpc) is 3.71. The molecule has 3 amide bonds. The van der Waals surface area contributed by atoms with Crippen molar-refractivity contribution in [1.29, 1.82) is 0 Å². The molecule has 5 rings (SSSR count). The molecule has 3 aromatic rings. The second-order valence-corrected chi connectivity index (χ2v) is 13.8. The number of thiophene rings is 1. The lowest BCUT2D eigenvalue weighted by molar-refractivity contribution is -0.137. The number of hydrogen-bond acceptors (Lipinski definition) is 8. The zero-order valence-electron chi connectivity index (χ0n) is 22.3. The molecule has 214 valence electrons. The number of amides is 3. The minimum atomic E-state index is -3.68. The minimum absolute atomic E-state index is 0.00596. The van der Waals surface area contributed by atoms with Gasteiger partial charge in [-0.2, -0.15) is 23.1 Å². The van der Waals surface area contributed by atoms with Crippen LogP contribution >= 0.6 is 23.1 Å². The van der Waals surface area contributed by atoms with Crippen molar-refractivity contribution in [3.63, 3.8) is 0 Å². The lowest BCUT2D eigenvalue weighted by Gasteiger charge is -2.28. The first-order valence-electron chi connectivity index (χ1n) is 13.0. The first-order valence-corrected chi connectivity index (χ1v) is 17.0. The Kier molecular flexibility index (Phi) is 8.62. The fourth-order valence-electron chi connectivity index (χ4n) is 5.34. The zero-order chi connectivity index (χ0) is 29.1. The van der Waals surface area contributed by atoms with Crippen molar-refractivity contribution in [2.24, 2.45) is 0 Å². The molecule has 2 saturated heterocycles. The summed E-state index contributed by atoms with van der Waals surface area (Å²) in [6.45, 7) is 0.0241. The number of hydrogen-bond donors (Lipinski definition) is 1. The lowest BCUT2D eigenvalue weighted by Crippen LogP contribution is -2.53. The maximum atomic E-state index is 13.9. The molecule has 2 aliphatic rings. The highest BCUT2D eigenvalue weighted by Crippen LogP contribution is 2.32. The summed E-state index contributed by atoms with van der Waals surface area (Å²) in [5, 5.41) is 6.35. The molecule has 1 N–H and O–H groups in total. The van der Waals surface area contributed by atoms with Crippen molar-refractivity contribution in [1.82, 2.24) is 15.1 Å². The van der Waals surface area contributed by atoms with Gasteiger partial charge in [0.15, 0.2) is 15.6 Å². The van der Waals surface area contributed by atoms with Gasteiger partial charge in [-0.3, -0.25) is 19.2 Å². The summed E-state index contributed by atoms with van der Waals surface area (Å²) < 4.78 is 24.6. The first kappa shape index (κ1) is 29.0. The third-order valence-corrected chi connectivity index (χ3v) is 10.2. The summed E-state index contributed by atoms with van der Waals surface area (Å²) in [7, 11) is -3.68. The molecule has 2 aromatic carbocycles. The largest absolute Gasteiger partial charge is 0.339 e. The highest BCUT2D eigenvalue weighted by Gasteiger charge is 2.52. The normalized spacial score (nSPS) is 19.2. The van der Waals surface area contributed by atoms with E-state index in [0.717, 1.165) is 11.8 Å². The van der Waals surface area contributed by atoms with E-state index in [1.165, 1.54) is 45.0 Å². The molecule has 41 heavy (non-hydrogen) atoms. The Bertz CT molecular complexity index is 1560. The smallest absolute Gasteiger partial charge is 0.255 e. The summed E-state index contributed by atoms with van der Waals surface area (Å²) in [6, 6.07) is 15.1. The highest BCUT2D eigenvalue weighted by atomic mass is 32.2. The van der Waals surface area contributed by atoms with Crippen LogP contribution in [0.2, 0.25) is 0 Å². The third-order valence-electron chi connectivity index (χ3n) is 7.27. The summed E-state index contributed by atoms with van der Waals surface area (Å²) >= 11 is 2.89. The molecule has 0 spiro atoms. The highest BCUT2D eigenvalue weighted by molar-refractivity contribution is 7.98. The topological polar surface area (TPSA) is 121 Å². The standard InChI is InChI=1S/C29H29N3O6S3/c1-41(37,38)25-10-6-5-9-21(25)28(35)32-15-24(33)26-23(32)11-13-31(26)29(36)22(30-27(34)20-12-14-39-17-20)18-40-16-19-7-3-2-4-8-19/h2-10,12,14,17,22-23,26H,11,13,15-16,18H2,1H3,(H,30,34)/t22?,23-,26+/m1/s1. The number of nitrogens with one attached hydrogen (secondary N) is 1. The second-order valence-electron chi connectivity index (χ2n) is 10.0. The number of ketones is 1. The lowest BCUT2D eigenvalue weighted by atomic mass is 10.1. The molecule has 3 heterocycles. The Labute approximate surface area is 246 Å². The van der Waals surface area contributed by atoms with Gasteiger partial charge in [0.05, 0.1) is 28.6 Å². The van der Waals surface area contributed by atoms with Crippen molar-refractivity contribution >= 4 is 56.4 Å². The maximum absolute atomic E-state index is 13.9. The molecule has 9 nitrogen and oxygen atoms in total. The summed E-state index contributed by atoms with van der Waals surface area (Å²) in [5.74, 6) is -0.636. The zero-order valence-corrected chi connectivity index (χ0v) is 24.7. The average molecular weight is 612 g/mol. The number of sulfone groups is 1. The SMILES string of the molecule is CS(=O)(=O)c1ccccc1C(=O)N1CC(=O)[C@@H]2[C@H]1CCN2C(=O)C(CSCc1ccccc1)NC(=O)c1ccsc1. The van der Waals surface area contributed by atoms with Crippen molar-refractivity contribution < 1.29 is 27.6 Å². The minimum Gasteiger partial charge on any atom is -0.339 e. The fraction of sp³-hybridized carbons (Fsp3) is 0.310. The number of carbonyl (C=O) groups excluding carboxylic acids is 4. The van der Waals surface area contributed by atoms with E-state index in [-0.39, 0.29) is 41.1 Å². The van der Waals surface area contributed by atoms with Crippen LogP contribution < -0.4 is 5.32 Å². The van der Waals surface area contributed by atoms with Gasteiger partial charge >= 0.3 is 0 Å². The summed E-state index contributed by atoms with van der Waals surface area (Å²) in [5.41, 5.74) is 1.55. The fourth-order valence-corrected chi connectivity index (χ4v) is 7.86. The molecule has 2 aliphatic heterocycles. The third kappa shape index (κ3) is 6.24. The molecule has 12 heteroatoms. The molecule has 1 unspecified atom stereocenters. The van der Waals surface area contributed by atoms with E-state index in [1.807, 2.05) is 30.3 Å². The van der Waals surface area contributed by atoms with Gasteiger partial charge in [0.25, 0.3) is 11.8 Å². The van der Waals surface area contributed by atoms with Crippen LogP contribution in [0, 0.1) is 0 Å². The van der Waals surface area contributed by atoms with Gasteiger partial charge < -0.3 is 15.1 Å². The Hall–Kier alpha value is -3.48. The van der Waals surface area contributed by atoms with Crippen molar-refractivity contribution in [3.05, 3.63) is 88.1 Å². The Morgan fingerprint density at radius 1 is 1.05 bits per heavy atom. The van der Waals surface area contributed by atoms with Gasteiger partial charge in [-0.15, -0.1) is 0 Å². The van der Waals surface area contributed by atoms with Crippen LogP contribution in [-0.4, -0.2) is 84.9 Å². The van der Waals surface area contributed by atoms with Crippen molar-refractivity contribution in [2.75, 3.05) is 25.1 Å². The Morgan fingerprint density at radius 3 is 2.49 bits per heavy atom. The molecular weight excluding hydrogens is 583 g/mol. The second kappa shape index (κ2) is 12.2. The number of nitrogens with zero attached hydrogens (tertiary/aromatic N) is 2. The van der Waals surface area contributed by atoms with Crippen LogP contribution in [0.1, 0.15) is 32.7 Å². The van der Waals surface area contributed by atoms with Gasteiger partial charge in [0.1, 0.15) is 12.1 Å². The molecule has 2 fully saturated rings. The van der Waals surface area contributed by atoms with Gasteiger partial charge in [-0.1, -0.05) is 42.5 Å².